The number of pyridine rings is 1. The summed E-state index contributed by atoms with van der Waals surface area (Å²) in [5.74, 6) is 2.96. The second-order valence-electron chi connectivity index (χ2n) is 15.5. The maximum Gasteiger partial charge on any atom is 0.165 e. The van der Waals surface area contributed by atoms with E-state index in [1.165, 1.54) is 32.1 Å². The molecule has 2 bridgehead atoms. The molecule has 0 saturated heterocycles. The highest BCUT2D eigenvalue weighted by molar-refractivity contribution is 6.76. The molecule has 3 aromatic heterocycles. The molecule has 0 aliphatic heterocycles. The summed E-state index contributed by atoms with van der Waals surface area (Å²) in [4.78, 5) is 11.9. The molecule has 2 aliphatic rings. The Morgan fingerprint density at radius 1 is 0.932 bits per heavy atom. The van der Waals surface area contributed by atoms with E-state index in [1.807, 2.05) is 16.8 Å². The Kier molecular flexibility index (Phi) is 10.6. The molecule has 3 heterocycles. The summed E-state index contributed by atoms with van der Waals surface area (Å²) in [6, 6.07) is 8.14. The molecule has 44 heavy (non-hydrogen) atoms. The topological polar surface area (TPSA) is 105 Å². The standard InChI is InChI=1S/C33H53N5O4Si2/c1-43(2,3)13-11-41-22-37(23-42-12-14-44(4,5)6)32-18-30(27-16-24-7-8-25(15-24)17-27)36-33-28(20-35-38(32)33)26-9-10-29(34-19-26)31(40)21-39/h9-10,18-20,24-25,27,31,39-40H,7-8,11-17,21-23H2,1-6H3/t24-,25+,27?,31?. The molecule has 2 aliphatic carbocycles. The van der Waals surface area contributed by atoms with Crippen molar-refractivity contribution in [3.05, 3.63) is 42.0 Å². The maximum absolute atomic E-state index is 10.0. The quantitative estimate of drug-likeness (QED) is 0.110. The third-order valence-electron chi connectivity index (χ3n) is 9.20. The van der Waals surface area contributed by atoms with E-state index >= 15 is 0 Å². The van der Waals surface area contributed by atoms with Crippen LogP contribution >= 0.6 is 0 Å². The van der Waals surface area contributed by atoms with Crippen LogP contribution in [-0.2, 0) is 9.47 Å². The Morgan fingerprint density at radius 3 is 2.11 bits per heavy atom. The zero-order valence-corrected chi connectivity index (χ0v) is 29.6. The van der Waals surface area contributed by atoms with Crippen LogP contribution in [0.2, 0.25) is 51.4 Å². The number of hydrogen-bond donors (Lipinski definition) is 2. The Morgan fingerprint density at radius 2 is 1.57 bits per heavy atom. The molecule has 2 N–H and O–H groups in total. The second kappa shape index (κ2) is 14.1. The lowest BCUT2D eigenvalue weighted by atomic mass is 9.79. The van der Waals surface area contributed by atoms with Crippen LogP contribution in [-0.4, -0.2) is 79.2 Å². The molecule has 5 rings (SSSR count). The first-order valence-corrected chi connectivity index (χ1v) is 23.9. The highest BCUT2D eigenvalue weighted by Crippen LogP contribution is 2.48. The van der Waals surface area contributed by atoms with Crippen LogP contribution in [0, 0.1) is 11.8 Å². The van der Waals surface area contributed by atoms with Crippen molar-refractivity contribution < 1.29 is 19.7 Å². The van der Waals surface area contributed by atoms with E-state index in [0.29, 0.717) is 25.1 Å². The SMILES string of the molecule is C[Si](C)(C)CCOCN(COCC[Si](C)(C)C)c1cc(C2C[C@H]3CC[C@@H](C2)C3)nc2c(-c3ccc(C(O)CO)nc3)cnn12. The predicted molar refractivity (Wildman–Crippen MR) is 181 cm³/mol. The van der Waals surface area contributed by atoms with E-state index in [0.717, 1.165) is 65.4 Å². The summed E-state index contributed by atoms with van der Waals surface area (Å²) in [6.45, 7) is 16.2. The fourth-order valence-electron chi connectivity index (χ4n) is 6.48. The maximum atomic E-state index is 10.0. The fraction of sp³-hybridized carbons (Fsp3) is 0.667. The van der Waals surface area contributed by atoms with Crippen molar-refractivity contribution in [1.82, 2.24) is 19.6 Å². The number of fused-ring (bicyclic) bond motifs is 3. The molecule has 4 atom stereocenters. The van der Waals surface area contributed by atoms with Gasteiger partial charge in [0.05, 0.1) is 18.5 Å². The van der Waals surface area contributed by atoms with Crippen LogP contribution in [0.3, 0.4) is 0 Å². The van der Waals surface area contributed by atoms with Gasteiger partial charge >= 0.3 is 0 Å². The molecule has 0 spiro atoms. The lowest BCUT2D eigenvalue weighted by molar-refractivity contribution is 0.0923. The van der Waals surface area contributed by atoms with Crippen molar-refractivity contribution in [1.29, 1.82) is 0 Å². The lowest BCUT2D eigenvalue weighted by Gasteiger charge is -2.30. The van der Waals surface area contributed by atoms with Crippen LogP contribution in [0.1, 0.15) is 55.5 Å². The minimum Gasteiger partial charge on any atom is -0.393 e. The molecule has 2 fully saturated rings. The largest absolute Gasteiger partial charge is 0.393 e. The number of aliphatic hydroxyl groups excluding tert-OH is 2. The highest BCUT2D eigenvalue weighted by atomic mass is 28.3. The monoisotopic (exact) mass is 639 g/mol. The van der Waals surface area contributed by atoms with Gasteiger partial charge in [-0.2, -0.15) is 9.61 Å². The number of nitrogens with zero attached hydrogens (tertiary/aromatic N) is 5. The van der Waals surface area contributed by atoms with E-state index in [9.17, 15) is 10.2 Å². The van der Waals surface area contributed by atoms with E-state index in [4.69, 9.17) is 19.6 Å². The zero-order chi connectivity index (χ0) is 31.5. The summed E-state index contributed by atoms with van der Waals surface area (Å²) in [7, 11) is -2.45. The van der Waals surface area contributed by atoms with Gasteiger partial charge in [-0.1, -0.05) is 58.2 Å². The van der Waals surface area contributed by atoms with Crippen molar-refractivity contribution in [2.75, 3.05) is 38.2 Å². The van der Waals surface area contributed by atoms with Crippen LogP contribution in [0.25, 0.3) is 16.8 Å². The van der Waals surface area contributed by atoms with Crippen LogP contribution in [0.5, 0.6) is 0 Å². The van der Waals surface area contributed by atoms with Gasteiger partial charge in [0.25, 0.3) is 0 Å². The second-order valence-corrected chi connectivity index (χ2v) is 26.7. The molecule has 9 nitrogen and oxygen atoms in total. The predicted octanol–water partition coefficient (Wildman–Crippen LogP) is 6.54. The Hall–Kier alpha value is -2.16. The van der Waals surface area contributed by atoms with Gasteiger partial charge in [0.15, 0.2) is 5.65 Å². The van der Waals surface area contributed by atoms with Gasteiger partial charge < -0.3 is 24.6 Å². The van der Waals surface area contributed by atoms with E-state index in [1.54, 1.807) is 12.3 Å². The number of hydrogen-bond acceptors (Lipinski definition) is 8. The van der Waals surface area contributed by atoms with Gasteiger partial charge in [0.1, 0.15) is 25.4 Å². The molecule has 0 amide bonds. The molecule has 2 unspecified atom stereocenters. The Bertz CT molecular complexity index is 1340. The molecular formula is C33H53N5O4Si2. The summed E-state index contributed by atoms with van der Waals surface area (Å²) in [5.41, 5.74) is 4.13. The van der Waals surface area contributed by atoms with Crippen molar-refractivity contribution in [3.63, 3.8) is 0 Å². The minimum absolute atomic E-state index is 0.365. The first kappa shape index (κ1) is 33.2. The minimum atomic E-state index is -1.22. The number of aliphatic hydroxyl groups is 2. The molecule has 11 heteroatoms. The molecule has 2 saturated carbocycles. The average molecular weight is 640 g/mol. The van der Waals surface area contributed by atoms with E-state index in [-0.39, 0.29) is 6.61 Å². The van der Waals surface area contributed by atoms with Crippen molar-refractivity contribution in [2.24, 2.45) is 11.8 Å². The Labute approximate surface area is 265 Å². The summed E-state index contributed by atoms with van der Waals surface area (Å²) in [6.07, 6.45) is 9.02. The third-order valence-corrected chi connectivity index (χ3v) is 12.6. The Balaban J connectivity index is 1.51. The molecule has 242 valence electrons. The van der Waals surface area contributed by atoms with Crippen LogP contribution < -0.4 is 4.90 Å². The third kappa shape index (κ3) is 8.55. The highest BCUT2D eigenvalue weighted by Gasteiger charge is 2.36. The number of anilines is 1. The zero-order valence-electron chi connectivity index (χ0n) is 27.6. The van der Waals surface area contributed by atoms with Crippen molar-refractivity contribution in [2.45, 2.75) is 95.5 Å². The van der Waals surface area contributed by atoms with Crippen LogP contribution in [0.4, 0.5) is 5.82 Å². The number of aromatic nitrogens is 4. The van der Waals surface area contributed by atoms with E-state index < -0.39 is 22.3 Å². The first-order valence-electron chi connectivity index (χ1n) is 16.4. The van der Waals surface area contributed by atoms with Gasteiger partial charge in [-0.05, 0) is 49.3 Å². The summed E-state index contributed by atoms with van der Waals surface area (Å²) in [5, 5.41) is 24.3. The van der Waals surface area contributed by atoms with Crippen LogP contribution in [0.15, 0.2) is 30.6 Å². The van der Waals surface area contributed by atoms with Gasteiger partial charge in [-0.15, -0.1) is 0 Å². The molecular weight excluding hydrogens is 587 g/mol. The first-order chi connectivity index (χ1) is 20.9. The van der Waals surface area contributed by atoms with Gasteiger partial charge in [0.2, 0.25) is 0 Å². The van der Waals surface area contributed by atoms with Gasteiger partial charge in [-0.3, -0.25) is 4.98 Å². The summed E-state index contributed by atoms with van der Waals surface area (Å²) < 4.78 is 14.6. The molecule has 0 aromatic carbocycles. The van der Waals surface area contributed by atoms with Crippen molar-refractivity contribution in [3.8, 4) is 11.1 Å². The summed E-state index contributed by atoms with van der Waals surface area (Å²) >= 11 is 0. The normalized spacial score (nSPS) is 21.2. The smallest absolute Gasteiger partial charge is 0.165 e. The van der Waals surface area contributed by atoms with Gasteiger partial charge in [-0.25, -0.2) is 4.98 Å². The number of ether oxygens (including phenoxy) is 2. The lowest BCUT2D eigenvalue weighted by Crippen LogP contribution is -2.33. The molecule has 3 aromatic rings. The molecule has 0 radical (unpaired) electrons. The fourth-order valence-corrected chi connectivity index (χ4v) is 8.00. The van der Waals surface area contributed by atoms with Crippen molar-refractivity contribution >= 4 is 27.6 Å². The average Bonchev–Trinajstić information content (AvgIpc) is 3.56. The van der Waals surface area contributed by atoms with Gasteiger partial charge in [0, 0.05) is 64.4 Å². The number of rotatable bonds is 15. The van der Waals surface area contributed by atoms with E-state index in [2.05, 4.69) is 55.2 Å².